The average molecular weight is 545 g/mol. The van der Waals surface area contributed by atoms with E-state index in [2.05, 4.69) is 20.2 Å². The van der Waals surface area contributed by atoms with Crippen LogP contribution < -0.4 is 21.4 Å². The highest BCUT2D eigenvalue weighted by molar-refractivity contribution is 5.99. The van der Waals surface area contributed by atoms with Crippen molar-refractivity contribution in [1.82, 2.24) is 14.5 Å². The molecule has 1 atom stereocenters. The zero-order chi connectivity index (χ0) is 28.1. The highest BCUT2D eigenvalue weighted by atomic mass is 19.2. The maximum absolute atomic E-state index is 15.5. The third-order valence-electron chi connectivity index (χ3n) is 8.94. The Bertz CT molecular complexity index is 1850. The van der Waals surface area contributed by atoms with Gasteiger partial charge >= 0.3 is 5.97 Å². The molecule has 0 radical (unpaired) electrons. The van der Waals surface area contributed by atoms with Crippen molar-refractivity contribution in [2.75, 3.05) is 30.4 Å². The number of nitrogens with two attached hydrogens (primary N) is 1. The fourth-order valence-corrected chi connectivity index (χ4v) is 6.62. The molecule has 1 saturated heterocycles. The lowest BCUT2D eigenvalue weighted by molar-refractivity contribution is 0.0566. The molecule has 1 saturated carbocycles. The van der Waals surface area contributed by atoms with Crippen LogP contribution in [0.25, 0.3) is 33.3 Å². The summed E-state index contributed by atoms with van der Waals surface area (Å²) in [5, 5.41) is 12.7. The van der Waals surface area contributed by atoms with Crippen LogP contribution in [0.5, 0.6) is 0 Å². The maximum atomic E-state index is 15.5. The first-order valence-electron chi connectivity index (χ1n) is 13.1. The largest absolute Gasteiger partial charge is 0.477 e. The van der Waals surface area contributed by atoms with Gasteiger partial charge in [0.1, 0.15) is 11.2 Å². The predicted octanol–water partition coefficient (Wildman–Crippen LogP) is 3.51. The SMILES string of the molecule is CNc1cc(F)c(F)c2c1Cc1ncc(-c3cnc4c(c3)c(=O)c(C(=O)O)cn4C)c(N3CC4(CCC4N)C3)c1-2. The Balaban J connectivity index is 1.48. The molecule has 3 aliphatic rings. The number of carboxylic acids is 1. The lowest BCUT2D eigenvalue weighted by atomic mass is 9.59. The summed E-state index contributed by atoms with van der Waals surface area (Å²) in [7, 11) is 3.29. The van der Waals surface area contributed by atoms with Gasteiger partial charge in [-0.15, -0.1) is 0 Å². The number of aromatic nitrogens is 3. The monoisotopic (exact) mass is 544 g/mol. The normalized spacial score (nSPS) is 18.3. The molecule has 0 bridgehead atoms. The molecule has 4 N–H and O–H groups in total. The second-order valence-corrected chi connectivity index (χ2v) is 11.1. The first kappa shape index (κ1) is 24.6. The van der Waals surface area contributed by atoms with Gasteiger partial charge in [-0.05, 0) is 24.5 Å². The van der Waals surface area contributed by atoms with Gasteiger partial charge in [0.15, 0.2) is 11.6 Å². The van der Waals surface area contributed by atoms with E-state index in [9.17, 15) is 19.1 Å². The fourth-order valence-electron chi connectivity index (χ4n) is 6.62. The minimum absolute atomic E-state index is 0.0144. The minimum Gasteiger partial charge on any atom is -0.477 e. The van der Waals surface area contributed by atoms with Crippen LogP contribution in [0, 0.1) is 17.0 Å². The highest BCUT2D eigenvalue weighted by Crippen LogP contribution is 2.55. The Labute approximate surface area is 227 Å². The van der Waals surface area contributed by atoms with Crippen molar-refractivity contribution in [3.05, 3.63) is 69.4 Å². The molecule has 7 rings (SSSR count). The third kappa shape index (κ3) is 3.21. The van der Waals surface area contributed by atoms with E-state index < -0.39 is 23.0 Å². The fraction of sp³-hybridized carbons (Fsp3) is 0.310. The number of nitrogens with one attached hydrogen (secondary N) is 1. The van der Waals surface area contributed by atoms with Crippen LogP contribution in [-0.2, 0) is 13.5 Å². The van der Waals surface area contributed by atoms with Crippen LogP contribution in [0.4, 0.5) is 20.2 Å². The zero-order valence-electron chi connectivity index (χ0n) is 21.9. The number of benzene rings is 1. The molecule has 1 unspecified atom stereocenters. The molecule has 1 spiro atoms. The highest BCUT2D eigenvalue weighted by Gasteiger charge is 2.54. The standard InChI is InChI=1S/C29H26F2N6O3/c1-33-19-7-18(30)24(31)22-14(19)6-20-23(22)25(37-11-29(12-37)4-3-21(29)32)16(9-34-20)13-5-15-26(38)17(28(39)40)10-36(2)27(15)35-8-13/h5,7-10,21,33H,3-4,6,11-12,32H2,1-2H3,(H,39,40). The van der Waals surface area contributed by atoms with Gasteiger partial charge in [0.2, 0.25) is 5.43 Å². The Morgan fingerprint density at radius 2 is 1.98 bits per heavy atom. The van der Waals surface area contributed by atoms with Gasteiger partial charge < -0.3 is 25.6 Å². The molecular formula is C29H26F2N6O3. The Morgan fingerprint density at radius 1 is 1.20 bits per heavy atom. The number of carbonyl (C=O) groups is 1. The lowest BCUT2D eigenvalue weighted by Gasteiger charge is -2.61. The smallest absolute Gasteiger partial charge is 0.341 e. The molecule has 1 aromatic carbocycles. The Morgan fingerprint density at radius 3 is 2.62 bits per heavy atom. The topological polar surface area (TPSA) is 126 Å². The van der Waals surface area contributed by atoms with Crippen LogP contribution >= 0.6 is 0 Å². The van der Waals surface area contributed by atoms with E-state index >= 15 is 4.39 Å². The molecule has 4 aromatic rings. The number of nitrogens with zero attached hydrogens (tertiary/aromatic N) is 4. The molecular weight excluding hydrogens is 518 g/mol. The van der Waals surface area contributed by atoms with Crippen LogP contribution in [0.15, 0.2) is 35.5 Å². The van der Waals surface area contributed by atoms with Crippen molar-refractivity contribution in [2.45, 2.75) is 25.3 Å². The molecule has 0 amide bonds. The van der Waals surface area contributed by atoms with Gasteiger partial charge in [-0.1, -0.05) is 0 Å². The number of rotatable bonds is 4. The van der Waals surface area contributed by atoms with E-state index in [1.807, 2.05) is 0 Å². The summed E-state index contributed by atoms with van der Waals surface area (Å²) in [5.41, 5.74) is 9.94. The van der Waals surface area contributed by atoms with E-state index in [4.69, 9.17) is 5.73 Å². The lowest BCUT2D eigenvalue weighted by Crippen LogP contribution is -2.69. The summed E-state index contributed by atoms with van der Waals surface area (Å²) in [6.45, 7) is 1.32. The molecule has 3 aromatic heterocycles. The molecule has 11 heteroatoms. The number of halogens is 2. The second kappa shape index (κ2) is 8.31. The van der Waals surface area contributed by atoms with Crippen LogP contribution in [0.3, 0.4) is 0 Å². The van der Waals surface area contributed by atoms with Gasteiger partial charge in [-0.2, -0.15) is 0 Å². The average Bonchev–Trinajstić information content (AvgIpc) is 3.31. The number of fused-ring (bicyclic) bond motifs is 4. The molecule has 2 fully saturated rings. The van der Waals surface area contributed by atoms with Gasteiger partial charge in [0, 0.05) is 97.7 Å². The summed E-state index contributed by atoms with van der Waals surface area (Å²) in [6, 6.07) is 2.85. The quantitative estimate of drug-likeness (QED) is 0.314. The predicted molar refractivity (Wildman–Crippen MR) is 147 cm³/mol. The summed E-state index contributed by atoms with van der Waals surface area (Å²) in [6.07, 6.45) is 6.80. The number of pyridine rings is 3. The molecule has 2 aliphatic carbocycles. The number of anilines is 2. The van der Waals surface area contributed by atoms with E-state index in [0.29, 0.717) is 64.5 Å². The van der Waals surface area contributed by atoms with E-state index in [0.717, 1.165) is 18.9 Å². The van der Waals surface area contributed by atoms with Crippen molar-refractivity contribution in [1.29, 1.82) is 0 Å². The molecule has 4 heterocycles. The second-order valence-electron chi connectivity index (χ2n) is 11.1. The van der Waals surface area contributed by atoms with E-state index in [-0.39, 0.29) is 28.0 Å². The van der Waals surface area contributed by atoms with Gasteiger partial charge in [-0.25, -0.2) is 18.6 Å². The molecule has 40 heavy (non-hydrogen) atoms. The van der Waals surface area contributed by atoms with E-state index in [1.165, 1.54) is 10.8 Å². The van der Waals surface area contributed by atoms with Crippen molar-refractivity contribution in [2.24, 2.45) is 18.2 Å². The summed E-state index contributed by atoms with van der Waals surface area (Å²) in [5.74, 6) is -3.21. The summed E-state index contributed by atoms with van der Waals surface area (Å²) >= 11 is 0. The zero-order valence-corrected chi connectivity index (χ0v) is 21.9. The number of carboxylic acid groups (broad SMARTS) is 1. The molecule has 1 aliphatic heterocycles. The van der Waals surface area contributed by atoms with Crippen molar-refractivity contribution in [3.63, 3.8) is 0 Å². The van der Waals surface area contributed by atoms with Gasteiger partial charge in [0.25, 0.3) is 0 Å². The van der Waals surface area contributed by atoms with E-state index in [1.54, 1.807) is 32.6 Å². The van der Waals surface area contributed by atoms with Crippen LogP contribution in [0.1, 0.15) is 34.5 Å². The Hall–Kier alpha value is -4.38. The first-order chi connectivity index (χ1) is 19.1. The number of aromatic carboxylic acids is 1. The van der Waals surface area contributed by atoms with Gasteiger partial charge in [0.05, 0.1) is 16.8 Å². The minimum atomic E-state index is -1.33. The van der Waals surface area contributed by atoms with Crippen molar-refractivity contribution >= 4 is 28.4 Å². The van der Waals surface area contributed by atoms with Crippen LogP contribution in [-0.4, -0.2) is 51.8 Å². The number of hydrogen-bond donors (Lipinski definition) is 3. The summed E-state index contributed by atoms with van der Waals surface area (Å²) in [4.78, 5) is 36.1. The number of aryl methyl sites for hydroxylation is 1. The maximum Gasteiger partial charge on any atom is 0.341 e. The summed E-state index contributed by atoms with van der Waals surface area (Å²) < 4.78 is 31.8. The first-order valence-corrected chi connectivity index (χ1v) is 13.1. The van der Waals surface area contributed by atoms with Gasteiger partial charge in [-0.3, -0.25) is 9.78 Å². The van der Waals surface area contributed by atoms with Crippen LogP contribution in [0.2, 0.25) is 0 Å². The number of hydrogen-bond acceptors (Lipinski definition) is 7. The van der Waals surface area contributed by atoms with Crippen molar-refractivity contribution < 1.29 is 18.7 Å². The Kier molecular flexibility index (Phi) is 5.12. The third-order valence-corrected chi connectivity index (χ3v) is 8.94. The molecule has 9 nitrogen and oxygen atoms in total. The van der Waals surface area contributed by atoms with Crippen molar-refractivity contribution in [3.8, 4) is 22.3 Å². The molecule has 204 valence electrons.